The molecule has 0 amide bonds. The molecule has 0 saturated heterocycles. The van der Waals surface area contributed by atoms with E-state index in [1.807, 2.05) is 37.3 Å². The summed E-state index contributed by atoms with van der Waals surface area (Å²) in [6.45, 7) is 5.12. The van der Waals surface area contributed by atoms with Crippen molar-refractivity contribution in [2.24, 2.45) is 5.16 Å². The predicted molar refractivity (Wildman–Crippen MR) is 109 cm³/mol. The number of hydrogen-bond acceptors (Lipinski definition) is 6. The zero-order chi connectivity index (χ0) is 20.2. The summed E-state index contributed by atoms with van der Waals surface area (Å²) < 4.78 is 29.8. The molecule has 28 heavy (non-hydrogen) atoms. The second-order valence-corrected chi connectivity index (χ2v) is 8.65. The molecule has 0 spiro atoms. The molecule has 1 aromatic heterocycles. The summed E-state index contributed by atoms with van der Waals surface area (Å²) in [6.07, 6.45) is 3.28. The zero-order valence-corrected chi connectivity index (χ0v) is 16.8. The topological polar surface area (TPSA) is 77.9 Å². The lowest BCUT2D eigenvalue weighted by Gasteiger charge is -2.21. The number of nitrogens with zero attached hydrogens (tertiary/aromatic N) is 2. The molecule has 0 aliphatic heterocycles. The van der Waals surface area contributed by atoms with Crippen molar-refractivity contribution in [3.8, 4) is 0 Å². The van der Waals surface area contributed by atoms with Gasteiger partial charge >= 0.3 is 0 Å². The molecular weight excluding hydrogens is 376 g/mol. The summed E-state index contributed by atoms with van der Waals surface area (Å²) in [7, 11) is -3.86. The van der Waals surface area contributed by atoms with Crippen LogP contribution in [0.15, 0.2) is 70.8 Å². The van der Waals surface area contributed by atoms with Gasteiger partial charge in [-0.05, 0) is 39.0 Å². The number of aromatic nitrogens is 1. The molecule has 0 saturated carbocycles. The van der Waals surface area contributed by atoms with Crippen molar-refractivity contribution in [2.45, 2.75) is 31.3 Å². The van der Waals surface area contributed by atoms with E-state index in [0.717, 1.165) is 22.0 Å². The van der Waals surface area contributed by atoms with Crippen LogP contribution in [-0.4, -0.2) is 31.8 Å². The van der Waals surface area contributed by atoms with E-state index in [0.29, 0.717) is 0 Å². The molecule has 0 unspecified atom stereocenters. The van der Waals surface area contributed by atoms with Crippen LogP contribution in [0.2, 0.25) is 0 Å². The van der Waals surface area contributed by atoms with E-state index in [2.05, 4.69) is 10.1 Å². The van der Waals surface area contributed by atoms with E-state index in [4.69, 9.17) is 9.02 Å². The lowest BCUT2D eigenvalue weighted by atomic mass is 10.1. The van der Waals surface area contributed by atoms with Crippen LogP contribution in [0.3, 0.4) is 0 Å². The highest BCUT2D eigenvalue weighted by Crippen LogP contribution is 2.18. The van der Waals surface area contributed by atoms with Gasteiger partial charge in [-0.3, -0.25) is 9.17 Å². The molecule has 1 heterocycles. The van der Waals surface area contributed by atoms with Gasteiger partial charge in [0.15, 0.2) is 5.60 Å². The average molecular weight is 398 g/mol. The minimum Gasteiger partial charge on any atom is -0.387 e. The lowest BCUT2D eigenvalue weighted by molar-refractivity contribution is -0.0424. The highest BCUT2D eigenvalue weighted by Gasteiger charge is 2.25. The third-order valence-electron chi connectivity index (χ3n) is 4.03. The maximum atomic E-state index is 12.3. The molecule has 6 nitrogen and oxygen atoms in total. The van der Waals surface area contributed by atoms with Crippen LogP contribution in [0.1, 0.15) is 25.0 Å². The van der Waals surface area contributed by atoms with Gasteiger partial charge in [-0.25, -0.2) is 0 Å². The highest BCUT2D eigenvalue weighted by atomic mass is 32.2. The SMILES string of the molecule is Cc1ccc(S(=O)(=O)OCC(C)(C)O/N=C/c2cccc3cccnc23)cc1. The fourth-order valence-corrected chi connectivity index (χ4v) is 3.52. The number of rotatable bonds is 7. The van der Waals surface area contributed by atoms with Crippen LogP contribution in [0.25, 0.3) is 10.9 Å². The van der Waals surface area contributed by atoms with Gasteiger partial charge in [0, 0.05) is 17.1 Å². The Hall–Kier alpha value is -2.77. The van der Waals surface area contributed by atoms with Crippen LogP contribution in [0.5, 0.6) is 0 Å². The van der Waals surface area contributed by atoms with Crippen molar-refractivity contribution >= 4 is 27.2 Å². The van der Waals surface area contributed by atoms with E-state index >= 15 is 0 Å². The highest BCUT2D eigenvalue weighted by molar-refractivity contribution is 7.86. The monoisotopic (exact) mass is 398 g/mol. The second-order valence-electron chi connectivity index (χ2n) is 7.04. The molecule has 0 fully saturated rings. The summed E-state index contributed by atoms with van der Waals surface area (Å²) in [5.74, 6) is 0. The smallest absolute Gasteiger partial charge is 0.297 e. The van der Waals surface area contributed by atoms with Crippen molar-refractivity contribution in [2.75, 3.05) is 6.61 Å². The van der Waals surface area contributed by atoms with Crippen LogP contribution >= 0.6 is 0 Å². The van der Waals surface area contributed by atoms with Crippen molar-refractivity contribution in [3.05, 3.63) is 71.9 Å². The molecule has 7 heteroatoms. The predicted octanol–water partition coefficient (Wildman–Crippen LogP) is 4.08. The van der Waals surface area contributed by atoms with Gasteiger partial charge in [-0.15, -0.1) is 0 Å². The number of aryl methyl sites for hydroxylation is 1. The molecule has 0 aliphatic carbocycles. The zero-order valence-electron chi connectivity index (χ0n) is 16.0. The first-order chi connectivity index (χ1) is 13.3. The molecule has 2 aromatic carbocycles. The first kappa shape index (κ1) is 20.0. The maximum absolute atomic E-state index is 12.3. The van der Waals surface area contributed by atoms with Gasteiger partial charge in [0.05, 0.1) is 16.6 Å². The van der Waals surface area contributed by atoms with Gasteiger partial charge < -0.3 is 4.84 Å². The van der Waals surface area contributed by atoms with Gasteiger partial charge in [0.25, 0.3) is 10.1 Å². The number of fused-ring (bicyclic) bond motifs is 1. The van der Waals surface area contributed by atoms with Gasteiger partial charge in [-0.1, -0.05) is 47.1 Å². The molecule has 3 aromatic rings. The normalized spacial score (nSPS) is 12.5. The Labute approximate surface area is 164 Å². The van der Waals surface area contributed by atoms with E-state index in [1.54, 1.807) is 38.4 Å². The van der Waals surface area contributed by atoms with Gasteiger partial charge in [0.2, 0.25) is 0 Å². The van der Waals surface area contributed by atoms with E-state index in [9.17, 15) is 8.42 Å². The van der Waals surface area contributed by atoms with Crippen molar-refractivity contribution in [1.29, 1.82) is 0 Å². The Bertz CT molecular complexity index is 1090. The Morgan fingerprint density at radius 2 is 1.79 bits per heavy atom. The Balaban J connectivity index is 1.65. The minimum absolute atomic E-state index is 0.110. The molecule has 0 atom stereocenters. The standard InChI is InChI=1S/C21H22N2O4S/c1-16-9-11-19(12-10-16)28(24,25)26-15-21(2,3)27-23-14-18-7-4-6-17-8-5-13-22-20(17)18/h4-14H,15H2,1-3H3/b23-14+. The average Bonchev–Trinajstić information content (AvgIpc) is 2.67. The summed E-state index contributed by atoms with van der Waals surface area (Å²) in [6, 6.07) is 16.1. The fourth-order valence-electron chi connectivity index (χ4n) is 2.48. The summed E-state index contributed by atoms with van der Waals surface area (Å²) in [5.41, 5.74) is 1.65. The molecule has 146 valence electrons. The second kappa shape index (κ2) is 8.08. The Morgan fingerprint density at radius 1 is 1.07 bits per heavy atom. The minimum atomic E-state index is -3.86. The fraction of sp³-hybridized carbons (Fsp3) is 0.238. The number of oxime groups is 1. The first-order valence-corrected chi connectivity index (χ1v) is 10.2. The van der Waals surface area contributed by atoms with Crippen LogP contribution < -0.4 is 0 Å². The number of benzene rings is 2. The lowest BCUT2D eigenvalue weighted by Crippen LogP contribution is -2.30. The molecular formula is C21H22N2O4S. The molecule has 0 radical (unpaired) electrons. The molecule has 0 aliphatic rings. The van der Waals surface area contributed by atoms with Gasteiger partial charge in [-0.2, -0.15) is 8.42 Å². The summed E-state index contributed by atoms with van der Waals surface area (Å²) in [5, 5.41) is 5.01. The number of hydrogen-bond donors (Lipinski definition) is 0. The first-order valence-electron chi connectivity index (χ1n) is 8.78. The van der Waals surface area contributed by atoms with Crippen molar-refractivity contribution in [1.82, 2.24) is 4.98 Å². The van der Waals surface area contributed by atoms with Crippen LogP contribution in [-0.2, 0) is 19.1 Å². The van der Waals surface area contributed by atoms with E-state index in [-0.39, 0.29) is 11.5 Å². The molecule has 0 bridgehead atoms. The molecule has 0 N–H and O–H groups in total. The van der Waals surface area contributed by atoms with E-state index in [1.165, 1.54) is 12.1 Å². The van der Waals surface area contributed by atoms with Crippen molar-refractivity contribution < 1.29 is 17.4 Å². The van der Waals surface area contributed by atoms with Crippen molar-refractivity contribution in [3.63, 3.8) is 0 Å². The maximum Gasteiger partial charge on any atom is 0.297 e. The number of pyridine rings is 1. The van der Waals surface area contributed by atoms with Crippen LogP contribution in [0, 0.1) is 6.92 Å². The third kappa shape index (κ3) is 4.94. The van der Waals surface area contributed by atoms with Crippen LogP contribution in [0.4, 0.5) is 0 Å². The Morgan fingerprint density at radius 3 is 2.54 bits per heavy atom. The molecule has 3 rings (SSSR count). The largest absolute Gasteiger partial charge is 0.387 e. The van der Waals surface area contributed by atoms with E-state index < -0.39 is 15.7 Å². The third-order valence-corrected chi connectivity index (χ3v) is 5.30. The quantitative estimate of drug-likeness (QED) is 0.340. The summed E-state index contributed by atoms with van der Waals surface area (Å²) in [4.78, 5) is 9.95. The number of para-hydroxylation sites is 1. The Kier molecular flexibility index (Phi) is 5.76. The summed E-state index contributed by atoms with van der Waals surface area (Å²) >= 11 is 0. The van der Waals surface area contributed by atoms with Gasteiger partial charge in [0.1, 0.15) is 6.61 Å².